The van der Waals surface area contributed by atoms with Gasteiger partial charge in [0, 0.05) is 0 Å². The maximum atomic E-state index is 12.1. The number of amides is 4. The van der Waals surface area contributed by atoms with Crippen LogP contribution < -0.4 is 27.4 Å². The zero-order valence-corrected chi connectivity index (χ0v) is 14.8. The molecule has 0 aromatic rings. The van der Waals surface area contributed by atoms with Crippen molar-refractivity contribution >= 4 is 29.6 Å². The van der Waals surface area contributed by atoms with Crippen LogP contribution in [0, 0.1) is 0 Å². The van der Waals surface area contributed by atoms with Gasteiger partial charge >= 0.3 is 5.97 Å². The summed E-state index contributed by atoms with van der Waals surface area (Å²) in [6.07, 6.45) is -1.82. The van der Waals surface area contributed by atoms with Crippen LogP contribution in [-0.2, 0) is 24.0 Å². The first kappa shape index (κ1) is 24.2. The van der Waals surface area contributed by atoms with Crippen LogP contribution in [-0.4, -0.2) is 81.8 Å². The Balaban J connectivity index is 5.04. The predicted molar refractivity (Wildman–Crippen MR) is 89.7 cm³/mol. The molecule has 0 bridgehead atoms. The lowest BCUT2D eigenvalue weighted by Gasteiger charge is -2.23. The van der Waals surface area contributed by atoms with Crippen LogP contribution in [0.4, 0.5) is 0 Å². The Morgan fingerprint density at radius 2 is 1.44 bits per heavy atom. The second-order valence-corrected chi connectivity index (χ2v) is 5.81. The minimum atomic E-state index is -1.65. The Morgan fingerprint density at radius 3 is 1.85 bits per heavy atom. The number of hydrogen-bond donors (Lipinski definition) is 8. The van der Waals surface area contributed by atoms with Gasteiger partial charge in [0.25, 0.3) is 0 Å². The van der Waals surface area contributed by atoms with Crippen LogP contribution in [0.25, 0.3) is 0 Å². The summed E-state index contributed by atoms with van der Waals surface area (Å²) < 4.78 is 0. The number of aliphatic hydroxyl groups is 2. The summed E-state index contributed by atoms with van der Waals surface area (Å²) in [4.78, 5) is 57.9. The standard InChI is InChI=1S/C14H25N5O8/c1-5(17-13(25)10(16)6(2)21)11(23)18-7(3-9(15)22)12(24)19-8(4-20)14(26)27/h5-8,10,20-21H,3-4,16H2,1-2H3,(H2,15,22)(H,17,25)(H,18,23)(H,19,24)(H,26,27). The number of primary amides is 1. The zero-order valence-electron chi connectivity index (χ0n) is 14.8. The Hall–Kier alpha value is -2.77. The summed E-state index contributed by atoms with van der Waals surface area (Å²) in [6.45, 7) is 1.62. The minimum Gasteiger partial charge on any atom is -0.480 e. The fraction of sp³-hybridized carbons (Fsp3) is 0.643. The van der Waals surface area contributed by atoms with Gasteiger partial charge in [0.1, 0.15) is 24.2 Å². The van der Waals surface area contributed by atoms with Crippen LogP contribution in [0.5, 0.6) is 0 Å². The van der Waals surface area contributed by atoms with Crippen molar-refractivity contribution in [2.75, 3.05) is 6.61 Å². The molecule has 0 spiro atoms. The highest BCUT2D eigenvalue weighted by Gasteiger charge is 2.30. The van der Waals surface area contributed by atoms with Crippen LogP contribution >= 0.6 is 0 Å². The number of hydrogen-bond acceptors (Lipinski definition) is 8. The second-order valence-electron chi connectivity index (χ2n) is 5.81. The topological polar surface area (TPSA) is 234 Å². The average Bonchev–Trinajstić information content (AvgIpc) is 2.56. The number of carbonyl (C=O) groups is 5. The van der Waals surface area contributed by atoms with Crippen molar-refractivity contribution in [2.24, 2.45) is 11.5 Å². The molecule has 0 aliphatic heterocycles. The van der Waals surface area contributed by atoms with Gasteiger partial charge in [-0.15, -0.1) is 0 Å². The molecule has 5 unspecified atom stereocenters. The first-order chi connectivity index (χ1) is 12.4. The maximum Gasteiger partial charge on any atom is 0.328 e. The number of aliphatic hydroxyl groups excluding tert-OH is 2. The van der Waals surface area contributed by atoms with Crippen molar-refractivity contribution in [3.8, 4) is 0 Å². The van der Waals surface area contributed by atoms with Crippen molar-refractivity contribution < 1.29 is 39.3 Å². The highest BCUT2D eigenvalue weighted by molar-refractivity contribution is 5.96. The smallest absolute Gasteiger partial charge is 0.328 e. The maximum absolute atomic E-state index is 12.1. The van der Waals surface area contributed by atoms with Gasteiger partial charge in [-0.05, 0) is 13.8 Å². The highest BCUT2D eigenvalue weighted by Crippen LogP contribution is 1.97. The third-order valence-corrected chi connectivity index (χ3v) is 3.41. The molecule has 0 fully saturated rings. The molecule has 0 radical (unpaired) electrons. The van der Waals surface area contributed by atoms with Crippen molar-refractivity contribution in [1.29, 1.82) is 0 Å². The van der Waals surface area contributed by atoms with E-state index in [-0.39, 0.29) is 0 Å². The normalized spacial score (nSPS) is 16.2. The molecule has 0 saturated heterocycles. The van der Waals surface area contributed by atoms with Crippen molar-refractivity contribution in [1.82, 2.24) is 16.0 Å². The lowest BCUT2D eigenvalue weighted by Crippen LogP contribution is -2.58. The summed E-state index contributed by atoms with van der Waals surface area (Å²) in [5.41, 5.74) is 10.4. The summed E-state index contributed by atoms with van der Waals surface area (Å²) >= 11 is 0. The SMILES string of the molecule is CC(NC(=O)C(N)C(C)O)C(=O)NC(CC(N)=O)C(=O)NC(CO)C(=O)O. The first-order valence-corrected chi connectivity index (χ1v) is 7.87. The monoisotopic (exact) mass is 391 g/mol. The van der Waals surface area contributed by atoms with Gasteiger partial charge in [-0.25, -0.2) is 4.79 Å². The molecule has 0 rings (SSSR count). The lowest BCUT2D eigenvalue weighted by atomic mass is 10.1. The quantitative estimate of drug-likeness (QED) is 0.168. The van der Waals surface area contributed by atoms with E-state index in [1.165, 1.54) is 13.8 Å². The van der Waals surface area contributed by atoms with E-state index in [9.17, 15) is 29.1 Å². The van der Waals surface area contributed by atoms with Crippen LogP contribution in [0.15, 0.2) is 0 Å². The molecule has 5 atom stereocenters. The third-order valence-electron chi connectivity index (χ3n) is 3.41. The number of carbonyl (C=O) groups excluding carboxylic acids is 4. The van der Waals surface area contributed by atoms with E-state index in [0.29, 0.717) is 0 Å². The summed E-state index contributed by atoms with van der Waals surface area (Å²) in [7, 11) is 0. The molecule has 0 aromatic heterocycles. The number of nitrogens with two attached hydrogens (primary N) is 2. The predicted octanol–water partition coefficient (Wildman–Crippen LogP) is -4.88. The lowest BCUT2D eigenvalue weighted by molar-refractivity contribution is -0.143. The molecule has 13 nitrogen and oxygen atoms in total. The van der Waals surface area contributed by atoms with Crippen LogP contribution in [0.1, 0.15) is 20.3 Å². The third kappa shape index (κ3) is 8.44. The summed E-state index contributed by atoms with van der Waals surface area (Å²) in [6, 6.07) is -5.66. The second kappa shape index (κ2) is 11.1. The minimum absolute atomic E-state index is 0.650. The van der Waals surface area contributed by atoms with Gasteiger partial charge in [-0.2, -0.15) is 0 Å². The molecular formula is C14H25N5O8. The largest absolute Gasteiger partial charge is 0.480 e. The Morgan fingerprint density at radius 1 is 0.926 bits per heavy atom. The molecule has 10 N–H and O–H groups in total. The van der Waals surface area contributed by atoms with Crippen LogP contribution in [0.3, 0.4) is 0 Å². The molecule has 0 heterocycles. The molecule has 13 heteroatoms. The molecule has 0 aliphatic rings. The number of nitrogens with one attached hydrogen (secondary N) is 3. The Labute approximate surface area is 154 Å². The number of carboxylic acid groups (broad SMARTS) is 1. The Kier molecular flexibility index (Phi) is 9.92. The van der Waals surface area contributed by atoms with Gasteiger partial charge in [-0.3, -0.25) is 19.2 Å². The molecule has 154 valence electrons. The molecule has 0 aromatic carbocycles. The van der Waals surface area contributed by atoms with E-state index in [4.69, 9.17) is 21.7 Å². The molecule has 27 heavy (non-hydrogen) atoms. The van der Waals surface area contributed by atoms with Gasteiger partial charge in [0.05, 0.1) is 19.1 Å². The number of rotatable bonds is 11. The number of aliphatic carboxylic acids is 1. The fourth-order valence-electron chi connectivity index (χ4n) is 1.76. The Bertz CT molecular complexity index is 582. The molecule has 4 amide bonds. The molecule has 0 aliphatic carbocycles. The number of carboxylic acids is 1. The first-order valence-electron chi connectivity index (χ1n) is 7.87. The van der Waals surface area contributed by atoms with E-state index < -0.39 is 72.9 Å². The van der Waals surface area contributed by atoms with Gasteiger partial charge in [0.2, 0.25) is 23.6 Å². The summed E-state index contributed by atoms with van der Waals surface area (Å²) in [5.74, 6) is -5.27. The highest BCUT2D eigenvalue weighted by atomic mass is 16.4. The van der Waals surface area contributed by atoms with Crippen molar-refractivity contribution in [3.05, 3.63) is 0 Å². The van der Waals surface area contributed by atoms with Crippen molar-refractivity contribution in [3.63, 3.8) is 0 Å². The molecule has 0 saturated carbocycles. The van der Waals surface area contributed by atoms with E-state index in [0.717, 1.165) is 0 Å². The summed E-state index contributed by atoms with van der Waals surface area (Å²) in [5, 5.41) is 33.3. The van der Waals surface area contributed by atoms with Gasteiger partial charge in [-0.1, -0.05) is 0 Å². The van der Waals surface area contributed by atoms with E-state index in [1.807, 2.05) is 5.32 Å². The van der Waals surface area contributed by atoms with E-state index >= 15 is 0 Å². The fourth-order valence-corrected chi connectivity index (χ4v) is 1.76. The average molecular weight is 391 g/mol. The van der Waals surface area contributed by atoms with Gasteiger partial charge in [0.15, 0.2) is 0 Å². The molecular weight excluding hydrogens is 366 g/mol. The zero-order chi connectivity index (χ0) is 21.3. The van der Waals surface area contributed by atoms with Crippen LogP contribution in [0.2, 0.25) is 0 Å². The van der Waals surface area contributed by atoms with E-state index in [2.05, 4.69) is 10.6 Å². The van der Waals surface area contributed by atoms with E-state index in [1.54, 1.807) is 0 Å². The van der Waals surface area contributed by atoms with Crippen molar-refractivity contribution in [2.45, 2.75) is 50.5 Å². The van der Waals surface area contributed by atoms with Gasteiger partial charge < -0.3 is 42.7 Å².